The number of nitrogens with two attached hydrogens (primary N) is 1. The molecule has 2 aliphatic carbocycles. The molecule has 29 heavy (non-hydrogen) atoms. The average Bonchev–Trinajstić information content (AvgIpc) is 3.39. The number of amides is 2. The van der Waals surface area contributed by atoms with Gasteiger partial charge in [-0.1, -0.05) is 0 Å². The Bertz CT molecular complexity index is 867. The molecule has 4 atom stereocenters. The summed E-state index contributed by atoms with van der Waals surface area (Å²) >= 11 is 0. The van der Waals surface area contributed by atoms with E-state index in [1.807, 2.05) is 0 Å². The molecule has 0 saturated heterocycles. The van der Waals surface area contributed by atoms with Crippen molar-refractivity contribution in [2.45, 2.75) is 31.8 Å². The number of aromatic nitrogens is 2. The highest BCUT2D eigenvalue weighted by atomic mass is 35.5. The Balaban J connectivity index is 0.00000240. The van der Waals surface area contributed by atoms with E-state index in [0.717, 1.165) is 25.0 Å². The Kier molecular flexibility index (Phi) is 6.44. The number of fused-ring (bicyclic) bond motifs is 2. The van der Waals surface area contributed by atoms with Crippen LogP contribution in [0.2, 0.25) is 0 Å². The molecular formula is C20H26ClN5O3. The summed E-state index contributed by atoms with van der Waals surface area (Å²) in [6, 6.07) is 7.03. The zero-order valence-electron chi connectivity index (χ0n) is 16.2. The van der Waals surface area contributed by atoms with Gasteiger partial charge in [-0.25, -0.2) is 0 Å². The van der Waals surface area contributed by atoms with Gasteiger partial charge < -0.3 is 21.1 Å². The maximum absolute atomic E-state index is 12.6. The lowest BCUT2D eigenvalue weighted by atomic mass is 9.84. The standard InChI is InChI=1S/C20H25N5O3.ClH/c1-28-16-6-4-14(5-7-16)23-17(26)11-25-10-15(9-22-25)24-20(27)18-12-2-3-13(8-12)19(18)21;/h4-7,9-10,12-13,18-19H,2-3,8,11,21H2,1H3,(H,23,26)(H,24,27);1H. The van der Waals surface area contributed by atoms with Gasteiger partial charge in [-0.15, -0.1) is 12.4 Å². The number of methoxy groups -OCH3 is 1. The smallest absolute Gasteiger partial charge is 0.246 e. The van der Waals surface area contributed by atoms with Crippen molar-refractivity contribution in [3.63, 3.8) is 0 Å². The third kappa shape index (κ3) is 4.54. The van der Waals surface area contributed by atoms with Crippen molar-refractivity contribution < 1.29 is 14.3 Å². The second-order valence-corrected chi connectivity index (χ2v) is 7.63. The van der Waals surface area contributed by atoms with Gasteiger partial charge in [-0.3, -0.25) is 14.3 Å². The van der Waals surface area contributed by atoms with Crippen molar-refractivity contribution in [3.8, 4) is 5.75 Å². The van der Waals surface area contributed by atoms with E-state index >= 15 is 0 Å². The predicted molar refractivity (Wildman–Crippen MR) is 112 cm³/mol. The van der Waals surface area contributed by atoms with Gasteiger partial charge in [0.1, 0.15) is 12.3 Å². The molecule has 2 aromatic rings. The van der Waals surface area contributed by atoms with Crippen LogP contribution >= 0.6 is 12.4 Å². The minimum atomic E-state index is -0.207. The largest absolute Gasteiger partial charge is 0.497 e. The summed E-state index contributed by atoms with van der Waals surface area (Å²) < 4.78 is 6.59. The Morgan fingerprint density at radius 2 is 1.90 bits per heavy atom. The molecule has 8 nitrogen and oxygen atoms in total. The fourth-order valence-corrected chi connectivity index (χ4v) is 4.49. The maximum atomic E-state index is 12.6. The lowest BCUT2D eigenvalue weighted by molar-refractivity contribution is -0.121. The first-order valence-corrected chi connectivity index (χ1v) is 9.56. The Labute approximate surface area is 175 Å². The molecule has 1 aromatic heterocycles. The van der Waals surface area contributed by atoms with Crippen LogP contribution in [0.5, 0.6) is 5.75 Å². The number of nitrogens with zero attached hydrogens (tertiary/aromatic N) is 2. The SMILES string of the molecule is COc1ccc(NC(=O)Cn2cc(NC(=O)C3C4CCC(C4)C3N)cn2)cc1.Cl. The lowest BCUT2D eigenvalue weighted by Gasteiger charge is -2.26. The van der Waals surface area contributed by atoms with Gasteiger partial charge in [0.15, 0.2) is 0 Å². The van der Waals surface area contributed by atoms with Gasteiger partial charge in [-0.2, -0.15) is 5.10 Å². The molecule has 0 aliphatic heterocycles. The van der Waals surface area contributed by atoms with Crippen LogP contribution in [0.4, 0.5) is 11.4 Å². The molecule has 2 saturated carbocycles. The van der Waals surface area contributed by atoms with Crippen LogP contribution in [0.25, 0.3) is 0 Å². The first-order chi connectivity index (χ1) is 13.5. The summed E-state index contributed by atoms with van der Waals surface area (Å²) in [5, 5.41) is 9.87. The molecule has 0 spiro atoms. The maximum Gasteiger partial charge on any atom is 0.246 e. The molecule has 9 heteroatoms. The quantitative estimate of drug-likeness (QED) is 0.665. The van der Waals surface area contributed by atoms with Gasteiger partial charge in [0, 0.05) is 17.9 Å². The van der Waals surface area contributed by atoms with Gasteiger partial charge in [0.2, 0.25) is 11.8 Å². The molecule has 2 bridgehead atoms. The van der Waals surface area contributed by atoms with Crippen molar-refractivity contribution in [2.24, 2.45) is 23.5 Å². The first kappa shape index (κ1) is 21.1. The highest BCUT2D eigenvalue weighted by Gasteiger charge is 2.49. The second kappa shape index (κ2) is 8.84. The van der Waals surface area contributed by atoms with Crippen LogP contribution in [0.1, 0.15) is 19.3 Å². The monoisotopic (exact) mass is 419 g/mol. The Morgan fingerprint density at radius 3 is 2.55 bits per heavy atom. The van der Waals surface area contributed by atoms with Crippen LogP contribution in [-0.2, 0) is 16.1 Å². The molecule has 2 aliphatic rings. The Morgan fingerprint density at radius 1 is 1.17 bits per heavy atom. The van der Waals surface area contributed by atoms with Gasteiger partial charge in [0.25, 0.3) is 0 Å². The Hall–Kier alpha value is -2.58. The lowest BCUT2D eigenvalue weighted by Crippen LogP contribution is -2.42. The highest BCUT2D eigenvalue weighted by Crippen LogP contribution is 2.47. The number of carbonyl (C=O) groups is 2. The molecule has 2 fully saturated rings. The molecule has 156 valence electrons. The molecule has 1 aromatic carbocycles. The van der Waals surface area contributed by atoms with Crippen molar-refractivity contribution in [1.82, 2.24) is 9.78 Å². The van der Waals surface area contributed by atoms with E-state index in [-0.39, 0.29) is 42.7 Å². The summed E-state index contributed by atoms with van der Waals surface area (Å²) in [6.07, 6.45) is 6.49. The van der Waals surface area contributed by atoms with E-state index in [1.54, 1.807) is 43.8 Å². The van der Waals surface area contributed by atoms with Gasteiger partial charge in [0.05, 0.1) is 24.9 Å². The first-order valence-electron chi connectivity index (χ1n) is 9.56. The molecule has 1 heterocycles. The molecule has 2 amide bonds. The van der Waals surface area contributed by atoms with Crippen LogP contribution in [0.15, 0.2) is 36.7 Å². The van der Waals surface area contributed by atoms with Crippen LogP contribution in [-0.4, -0.2) is 34.7 Å². The normalized spacial score (nSPS) is 24.6. The number of ether oxygens (including phenoxy) is 1. The summed E-state index contributed by atoms with van der Waals surface area (Å²) in [5.41, 5.74) is 7.50. The summed E-state index contributed by atoms with van der Waals surface area (Å²) in [5.74, 6) is 1.22. The number of hydrogen-bond acceptors (Lipinski definition) is 5. The molecular weight excluding hydrogens is 394 g/mol. The van der Waals surface area contributed by atoms with Crippen LogP contribution in [0.3, 0.4) is 0 Å². The van der Waals surface area contributed by atoms with E-state index in [2.05, 4.69) is 15.7 Å². The number of halogens is 1. The van der Waals surface area contributed by atoms with Gasteiger partial charge >= 0.3 is 0 Å². The molecule has 4 unspecified atom stereocenters. The van der Waals surface area contributed by atoms with Crippen molar-refractivity contribution >= 4 is 35.6 Å². The topological polar surface area (TPSA) is 111 Å². The third-order valence-corrected chi connectivity index (χ3v) is 5.86. The second-order valence-electron chi connectivity index (χ2n) is 7.63. The fraction of sp³-hybridized carbons (Fsp3) is 0.450. The van der Waals surface area contributed by atoms with Crippen molar-refractivity contribution in [1.29, 1.82) is 0 Å². The van der Waals surface area contributed by atoms with E-state index in [0.29, 0.717) is 23.2 Å². The molecule has 0 radical (unpaired) electrons. The summed E-state index contributed by atoms with van der Waals surface area (Å²) in [4.78, 5) is 24.8. The van der Waals surface area contributed by atoms with Gasteiger partial charge in [-0.05, 0) is 55.4 Å². The minimum Gasteiger partial charge on any atom is -0.497 e. The number of carbonyl (C=O) groups excluding carboxylic acids is 2. The summed E-state index contributed by atoms with van der Waals surface area (Å²) in [6.45, 7) is 0.0511. The third-order valence-electron chi connectivity index (χ3n) is 5.86. The minimum absolute atomic E-state index is 0. The predicted octanol–water partition coefficient (Wildman–Crippen LogP) is 2.26. The number of anilines is 2. The fourth-order valence-electron chi connectivity index (χ4n) is 4.49. The molecule has 4 N–H and O–H groups in total. The number of rotatable bonds is 6. The summed E-state index contributed by atoms with van der Waals surface area (Å²) in [7, 11) is 1.59. The number of benzene rings is 1. The average molecular weight is 420 g/mol. The van der Waals surface area contributed by atoms with E-state index < -0.39 is 0 Å². The van der Waals surface area contributed by atoms with E-state index in [1.165, 1.54) is 4.68 Å². The van der Waals surface area contributed by atoms with E-state index in [9.17, 15) is 9.59 Å². The zero-order valence-corrected chi connectivity index (χ0v) is 17.0. The van der Waals surface area contributed by atoms with Crippen LogP contribution in [0, 0.1) is 17.8 Å². The van der Waals surface area contributed by atoms with Crippen LogP contribution < -0.4 is 21.1 Å². The zero-order chi connectivity index (χ0) is 19.7. The van der Waals surface area contributed by atoms with Crippen molar-refractivity contribution in [3.05, 3.63) is 36.7 Å². The number of nitrogens with one attached hydrogen (secondary N) is 2. The van der Waals surface area contributed by atoms with E-state index in [4.69, 9.17) is 10.5 Å². The molecule has 4 rings (SSSR count). The highest BCUT2D eigenvalue weighted by molar-refractivity contribution is 5.93. The van der Waals surface area contributed by atoms with Crippen molar-refractivity contribution in [2.75, 3.05) is 17.7 Å². The number of hydrogen-bond donors (Lipinski definition) is 3.